The summed E-state index contributed by atoms with van der Waals surface area (Å²) in [4.78, 5) is 14.2. The number of nitrogens with zero attached hydrogens (tertiary/aromatic N) is 1. The minimum absolute atomic E-state index is 0.286. The van der Waals surface area contributed by atoms with Crippen LogP contribution in [0, 0.1) is 3.70 Å². The van der Waals surface area contributed by atoms with Crippen LogP contribution < -0.4 is 5.73 Å². The third-order valence-corrected chi connectivity index (χ3v) is 2.27. The van der Waals surface area contributed by atoms with Crippen molar-refractivity contribution in [3.8, 4) is 0 Å². The summed E-state index contributed by atoms with van der Waals surface area (Å²) in [6.45, 7) is 0. The lowest BCUT2D eigenvalue weighted by atomic mass is 10.1. The molecule has 1 rings (SSSR count). The maximum atomic E-state index is 12.4. The Morgan fingerprint density at radius 2 is 2.07 bits per heavy atom. The van der Waals surface area contributed by atoms with Crippen molar-refractivity contribution in [1.82, 2.24) is 4.98 Å². The Morgan fingerprint density at radius 3 is 2.43 bits per heavy atom. The highest BCUT2D eigenvalue weighted by Crippen LogP contribution is 2.34. The zero-order valence-corrected chi connectivity index (χ0v) is 8.76. The van der Waals surface area contributed by atoms with E-state index in [0.717, 1.165) is 12.3 Å². The SMILES string of the molecule is NC(=O)c1ccnc(I)c1C(F)(F)F. The van der Waals surface area contributed by atoms with Crippen LogP contribution in [0.15, 0.2) is 12.3 Å². The lowest BCUT2D eigenvalue weighted by Gasteiger charge is -2.11. The van der Waals surface area contributed by atoms with Crippen LogP contribution in [0.4, 0.5) is 13.2 Å². The highest BCUT2D eigenvalue weighted by molar-refractivity contribution is 14.1. The van der Waals surface area contributed by atoms with E-state index in [9.17, 15) is 18.0 Å². The van der Waals surface area contributed by atoms with Crippen molar-refractivity contribution in [3.05, 3.63) is 27.1 Å². The van der Waals surface area contributed by atoms with Gasteiger partial charge in [-0.3, -0.25) is 4.79 Å². The maximum Gasteiger partial charge on any atom is 0.419 e. The van der Waals surface area contributed by atoms with Gasteiger partial charge in [-0.05, 0) is 28.7 Å². The largest absolute Gasteiger partial charge is 0.419 e. The number of pyridine rings is 1. The van der Waals surface area contributed by atoms with Crippen molar-refractivity contribution in [2.24, 2.45) is 5.73 Å². The van der Waals surface area contributed by atoms with Crippen LogP contribution in [0.2, 0.25) is 0 Å². The van der Waals surface area contributed by atoms with Gasteiger partial charge in [0, 0.05) is 6.20 Å². The van der Waals surface area contributed by atoms with Crippen molar-refractivity contribution >= 4 is 28.5 Å². The molecule has 0 fully saturated rings. The van der Waals surface area contributed by atoms with Crippen molar-refractivity contribution in [3.63, 3.8) is 0 Å². The number of halogens is 4. The van der Waals surface area contributed by atoms with E-state index in [1.165, 1.54) is 22.6 Å². The summed E-state index contributed by atoms with van der Waals surface area (Å²) < 4.78 is 37.0. The molecule has 0 spiro atoms. The van der Waals surface area contributed by atoms with Gasteiger partial charge >= 0.3 is 6.18 Å². The minimum Gasteiger partial charge on any atom is -0.366 e. The molecule has 0 unspecified atom stereocenters. The van der Waals surface area contributed by atoms with Gasteiger partial charge in [-0.2, -0.15) is 13.2 Å². The van der Waals surface area contributed by atoms with E-state index in [4.69, 9.17) is 5.73 Å². The molecule has 0 aliphatic rings. The average molecular weight is 316 g/mol. The molecule has 0 aliphatic heterocycles. The van der Waals surface area contributed by atoms with Gasteiger partial charge in [-0.25, -0.2) is 4.98 Å². The number of alkyl halides is 3. The number of carbonyl (C=O) groups is 1. The lowest BCUT2D eigenvalue weighted by Crippen LogP contribution is -2.20. The van der Waals surface area contributed by atoms with Gasteiger partial charge in [-0.1, -0.05) is 0 Å². The standard InChI is InChI=1S/C7H4F3IN2O/c8-7(9,10)4-3(6(12)14)1-2-13-5(4)11/h1-2H,(H2,12,14). The predicted molar refractivity (Wildman–Crippen MR) is 50.5 cm³/mol. The zero-order chi connectivity index (χ0) is 10.9. The maximum absolute atomic E-state index is 12.4. The first-order chi connectivity index (χ1) is 6.34. The third-order valence-electron chi connectivity index (χ3n) is 1.45. The minimum atomic E-state index is -4.62. The van der Waals surface area contributed by atoms with E-state index >= 15 is 0 Å². The van der Waals surface area contributed by atoms with E-state index < -0.39 is 23.2 Å². The molecule has 0 saturated carbocycles. The van der Waals surface area contributed by atoms with Gasteiger partial charge in [0.2, 0.25) is 5.91 Å². The van der Waals surface area contributed by atoms with Gasteiger partial charge in [-0.15, -0.1) is 0 Å². The number of hydrogen-bond donors (Lipinski definition) is 1. The van der Waals surface area contributed by atoms with Gasteiger partial charge < -0.3 is 5.73 Å². The van der Waals surface area contributed by atoms with Gasteiger partial charge in [0.05, 0.1) is 5.56 Å². The Bertz CT molecular complexity index is 378. The normalized spacial score (nSPS) is 11.4. The number of rotatable bonds is 1. The first-order valence-corrected chi connectivity index (χ1v) is 4.43. The second kappa shape index (κ2) is 3.71. The lowest BCUT2D eigenvalue weighted by molar-refractivity contribution is -0.138. The summed E-state index contributed by atoms with van der Waals surface area (Å²) in [6, 6.07) is 0.952. The molecule has 0 bridgehead atoms. The Balaban J connectivity index is 3.45. The zero-order valence-electron chi connectivity index (χ0n) is 6.60. The van der Waals surface area contributed by atoms with Crippen LogP contribution in [0.3, 0.4) is 0 Å². The molecule has 76 valence electrons. The molecule has 0 saturated heterocycles. The van der Waals surface area contributed by atoms with Gasteiger partial charge in [0.15, 0.2) is 0 Å². The van der Waals surface area contributed by atoms with E-state index in [1.807, 2.05) is 0 Å². The van der Waals surface area contributed by atoms with Crippen LogP contribution in [0.1, 0.15) is 15.9 Å². The molecule has 1 aromatic heterocycles. The molecule has 1 heterocycles. The average Bonchev–Trinajstić information content (AvgIpc) is 2.01. The number of primary amides is 1. The topological polar surface area (TPSA) is 56.0 Å². The van der Waals surface area contributed by atoms with E-state index in [0.29, 0.717) is 0 Å². The number of carbonyl (C=O) groups excluding carboxylic acids is 1. The van der Waals surface area contributed by atoms with Crippen molar-refractivity contribution in [1.29, 1.82) is 0 Å². The van der Waals surface area contributed by atoms with Crippen LogP contribution >= 0.6 is 22.6 Å². The molecule has 0 aliphatic carbocycles. The molecule has 0 radical (unpaired) electrons. The smallest absolute Gasteiger partial charge is 0.366 e. The van der Waals surface area contributed by atoms with Gasteiger partial charge in [0.25, 0.3) is 0 Å². The van der Waals surface area contributed by atoms with Crippen LogP contribution in [-0.2, 0) is 6.18 Å². The fourth-order valence-corrected chi connectivity index (χ4v) is 1.67. The molecule has 1 aromatic rings. The molecule has 0 atom stereocenters. The van der Waals surface area contributed by atoms with Gasteiger partial charge in [0.1, 0.15) is 9.26 Å². The highest BCUT2D eigenvalue weighted by atomic mass is 127. The quantitative estimate of drug-likeness (QED) is 0.634. The molecule has 2 N–H and O–H groups in total. The fourth-order valence-electron chi connectivity index (χ4n) is 0.911. The summed E-state index contributed by atoms with van der Waals surface area (Å²) in [5, 5.41) is 0. The molecular weight excluding hydrogens is 312 g/mol. The monoisotopic (exact) mass is 316 g/mol. The Morgan fingerprint density at radius 1 is 1.50 bits per heavy atom. The first kappa shape index (κ1) is 11.2. The summed E-state index contributed by atoms with van der Waals surface area (Å²) in [6.07, 6.45) is -3.51. The Kier molecular flexibility index (Phi) is 2.98. The van der Waals surface area contributed by atoms with E-state index in [-0.39, 0.29) is 3.70 Å². The summed E-state index contributed by atoms with van der Waals surface area (Å²) in [5.41, 5.74) is 3.18. The van der Waals surface area contributed by atoms with Crippen molar-refractivity contribution in [2.75, 3.05) is 0 Å². The number of aromatic nitrogens is 1. The van der Waals surface area contributed by atoms with Crippen molar-refractivity contribution < 1.29 is 18.0 Å². The summed E-state index contributed by atoms with van der Waals surface area (Å²) in [5.74, 6) is -1.11. The molecular formula is C7H4F3IN2O. The number of amides is 1. The predicted octanol–water partition coefficient (Wildman–Crippen LogP) is 1.80. The summed E-state index contributed by atoms with van der Waals surface area (Å²) >= 11 is 1.41. The molecule has 14 heavy (non-hydrogen) atoms. The first-order valence-electron chi connectivity index (χ1n) is 3.35. The molecule has 7 heteroatoms. The van der Waals surface area contributed by atoms with Crippen LogP contribution in [-0.4, -0.2) is 10.9 Å². The second-order valence-electron chi connectivity index (χ2n) is 2.39. The highest BCUT2D eigenvalue weighted by Gasteiger charge is 2.37. The number of hydrogen-bond acceptors (Lipinski definition) is 2. The number of nitrogens with two attached hydrogens (primary N) is 1. The van der Waals surface area contributed by atoms with Crippen molar-refractivity contribution in [2.45, 2.75) is 6.18 Å². The van der Waals surface area contributed by atoms with E-state index in [2.05, 4.69) is 4.98 Å². The molecule has 0 aromatic carbocycles. The van der Waals surface area contributed by atoms with Crippen LogP contribution in [0.25, 0.3) is 0 Å². The van der Waals surface area contributed by atoms with E-state index in [1.54, 1.807) is 0 Å². The third kappa shape index (κ3) is 2.14. The second-order valence-corrected chi connectivity index (χ2v) is 3.41. The Labute approximate surface area is 90.6 Å². The fraction of sp³-hybridized carbons (Fsp3) is 0.143. The summed E-state index contributed by atoms with van der Waals surface area (Å²) in [7, 11) is 0. The van der Waals surface area contributed by atoms with Crippen LogP contribution in [0.5, 0.6) is 0 Å². The Hall–Kier alpha value is -0.860. The molecule has 1 amide bonds. The molecule has 3 nitrogen and oxygen atoms in total.